The first-order valence-corrected chi connectivity index (χ1v) is 4.02. The lowest BCUT2D eigenvalue weighted by molar-refractivity contribution is -0.111. The number of pyridine rings is 1. The summed E-state index contributed by atoms with van der Waals surface area (Å²) in [5.74, 6) is 0. The van der Waals surface area contributed by atoms with Crippen molar-refractivity contribution in [3.8, 4) is 0 Å². The van der Waals surface area contributed by atoms with E-state index >= 15 is 0 Å². The summed E-state index contributed by atoms with van der Waals surface area (Å²) in [6, 6.07) is 1.76. The summed E-state index contributed by atoms with van der Waals surface area (Å²) >= 11 is 5.87. The van der Waals surface area contributed by atoms with Gasteiger partial charge in [-0.05, 0) is 25.5 Å². The van der Waals surface area contributed by atoms with Gasteiger partial charge in [0.05, 0.1) is 5.02 Å². The van der Waals surface area contributed by atoms with Crippen molar-refractivity contribution >= 4 is 17.9 Å². The maximum Gasteiger partial charge on any atom is 0.130 e. The molecule has 0 saturated heterocycles. The second-order valence-corrected chi connectivity index (χ2v) is 3.60. The van der Waals surface area contributed by atoms with Crippen LogP contribution >= 0.6 is 11.6 Å². The Morgan fingerprint density at radius 1 is 1.58 bits per heavy atom. The summed E-state index contributed by atoms with van der Waals surface area (Å²) in [7, 11) is 0. The molecule has 1 rings (SSSR count). The minimum atomic E-state index is -0.528. The Kier molecular flexibility index (Phi) is 2.48. The third-order valence-electron chi connectivity index (χ3n) is 1.76. The van der Waals surface area contributed by atoms with E-state index < -0.39 is 5.41 Å². The molecule has 1 aromatic rings. The van der Waals surface area contributed by atoms with Gasteiger partial charge < -0.3 is 4.79 Å². The van der Waals surface area contributed by atoms with Crippen LogP contribution in [-0.2, 0) is 10.2 Å². The van der Waals surface area contributed by atoms with E-state index in [9.17, 15) is 4.79 Å². The largest absolute Gasteiger partial charge is 0.302 e. The Balaban J connectivity index is 3.19. The first kappa shape index (κ1) is 9.20. The number of carbonyl (C=O) groups excluding carboxylic acids is 1. The predicted octanol–water partition coefficient (Wildman–Crippen LogP) is 2.21. The van der Waals surface area contributed by atoms with Crippen LogP contribution in [0.5, 0.6) is 0 Å². The molecule has 0 aromatic carbocycles. The molecule has 2 nitrogen and oxygen atoms in total. The summed E-state index contributed by atoms with van der Waals surface area (Å²) in [5.41, 5.74) is 0.286. The molecule has 0 aliphatic rings. The molecule has 0 N–H and O–H groups in total. The van der Waals surface area contributed by atoms with Crippen LogP contribution < -0.4 is 0 Å². The van der Waals surface area contributed by atoms with Gasteiger partial charge in [-0.2, -0.15) is 0 Å². The minimum Gasteiger partial charge on any atom is -0.302 e. The monoisotopic (exact) mass is 183 g/mol. The van der Waals surface area contributed by atoms with E-state index in [2.05, 4.69) is 4.98 Å². The van der Waals surface area contributed by atoms with Crippen molar-refractivity contribution in [3.63, 3.8) is 0 Å². The van der Waals surface area contributed by atoms with Crippen molar-refractivity contribution in [2.45, 2.75) is 19.3 Å². The van der Waals surface area contributed by atoms with E-state index in [1.165, 1.54) is 0 Å². The number of halogens is 1. The maximum atomic E-state index is 10.7. The molecule has 0 spiro atoms. The van der Waals surface area contributed by atoms with Crippen molar-refractivity contribution in [2.24, 2.45) is 0 Å². The first-order valence-electron chi connectivity index (χ1n) is 3.64. The second kappa shape index (κ2) is 3.23. The smallest absolute Gasteiger partial charge is 0.130 e. The lowest BCUT2D eigenvalue weighted by atomic mass is 9.87. The van der Waals surface area contributed by atoms with Crippen LogP contribution in [0.1, 0.15) is 19.4 Å². The van der Waals surface area contributed by atoms with Gasteiger partial charge in [-0.25, -0.2) is 0 Å². The van der Waals surface area contributed by atoms with Gasteiger partial charge in [0.15, 0.2) is 0 Å². The summed E-state index contributed by atoms with van der Waals surface area (Å²) in [4.78, 5) is 14.5. The summed E-state index contributed by atoms with van der Waals surface area (Å²) in [5, 5.41) is 0.537. The third-order valence-corrected chi connectivity index (χ3v) is 2.06. The third kappa shape index (κ3) is 1.64. The highest BCUT2D eigenvalue weighted by molar-refractivity contribution is 6.31. The highest BCUT2D eigenvalue weighted by Gasteiger charge is 2.21. The summed E-state index contributed by atoms with van der Waals surface area (Å²) in [6.07, 6.45) is 4.06. The second-order valence-electron chi connectivity index (χ2n) is 3.20. The number of hydrogen-bond donors (Lipinski definition) is 0. The zero-order chi connectivity index (χ0) is 9.19. The lowest BCUT2D eigenvalue weighted by Gasteiger charge is -2.17. The molecule has 12 heavy (non-hydrogen) atoms. The zero-order valence-corrected chi connectivity index (χ0v) is 7.80. The Morgan fingerprint density at radius 2 is 2.25 bits per heavy atom. The normalized spacial score (nSPS) is 11.2. The lowest BCUT2D eigenvalue weighted by Crippen LogP contribution is -2.19. The number of carbonyl (C=O) groups is 1. The number of nitrogens with zero attached hydrogens (tertiary/aromatic N) is 1. The van der Waals surface area contributed by atoms with E-state index in [0.717, 1.165) is 11.8 Å². The molecule has 1 heterocycles. The van der Waals surface area contributed by atoms with Crippen LogP contribution in [0.25, 0.3) is 0 Å². The molecule has 1 aromatic heterocycles. The fourth-order valence-corrected chi connectivity index (χ4v) is 1.32. The van der Waals surface area contributed by atoms with Crippen LogP contribution in [-0.4, -0.2) is 11.3 Å². The number of aldehydes is 1. The minimum absolute atomic E-state index is 0.528. The Morgan fingerprint density at radius 3 is 2.75 bits per heavy atom. The fraction of sp³-hybridized carbons (Fsp3) is 0.333. The zero-order valence-electron chi connectivity index (χ0n) is 7.04. The Bertz CT molecular complexity index is 296. The molecule has 0 aliphatic carbocycles. The van der Waals surface area contributed by atoms with Gasteiger partial charge >= 0.3 is 0 Å². The van der Waals surface area contributed by atoms with E-state index in [0.29, 0.717) is 5.02 Å². The molecule has 0 amide bonds. The van der Waals surface area contributed by atoms with Crippen LogP contribution in [0.15, 0.2) is 18.5 Å². The molecule has 3 heteroatoms. The van der Waals surface area contributed by atoms with Gasteiger partial charge in [0.25, 0.3) is 0 Å². The Labute approximate surface area is 76.6 Å². The van der Waals surface area contributed by atoms with Gasteiger partial charge in [0.1, 0.15) is 6.29 Å². The molecule has 0 atom stereocenters. The SMILES string of the molecule is CC(C)(C=O)c1ccncc1Cl. The molecular formula is C9H10ClNO. The van der Waals surface area contributed by atoms with Crippen LogP contribution in [0, 0.1) is 0 Å². The van der Waals surface area contributed by atoms with Crippen LogP contribution in [0.3, 0.4) is 0 Å². The van der Waals surface area contributed by atoms with E-state index in [1.807, 2.05) is 13.8 Å². The Hall–Kier alpha value is -0.890. The van der Waals surface area contributed by atoms with Gasteiger partial charge in [0, 0.05) is 17.8 Å². The molecule has 0 fully saturated rings. The van der Waals surface area contributed by atoms with Crippen molar-refractivity contribution < 1.29 is 4.79 Å². The molecule has 0 saturated carbocycles. The summed E-state index contributed by atoms with van der Waals surface area (Å²) < 4.78 is 0. The van der Waals surface area contributed by atoms with Crippen molar-refractivity contribution in [3.05, 3.63) is 29.0 Å². The number of rotatable bonds is 2. The van der Waals surface area contributed by atoms with Gasteiger partial charge in [-0.15, -0.1) is 0 Å². The van der Waals surface area contributed by atoms with E-state index in [-0.39, 0.29) is 0 Å². The van der Waals surface area contributed by atoms with Crippen LogP contribution in [0.2, 0.25) is 5.02 Å². The van der Waals surface area contributed by atoms with Crippen molar-refractivity contribution in [1.82, 2.24) is 4.98 Å². The van der Waals surface area contributed by atoms with E-state index in [4.69, 9.17) is 11.6 Å². The average molecular weight is 184 g/mol. The number of aromatic nitrogens is 1. The standard InChI is InChI=1S/C9H10ClNO/c1-9(2,6-12)7-3-4-11-5-8(7)10/h3-6H,1-2H3. The highest BCUT2D eigenvalue weighted by atomic mass is 35.5. The fourth-order valence-electron chi connectivity index (χ4n) is 0.961. The predicted molar refractivity (Wildman–Crippen MR) is 48.3 cm³/mol. The molecule has 0 unspecified atom stereocenters. The quantitative estimate of drug-likeness (QED) is 0.658. The molecule has 64 valence electrons. The average Bonchev–Trinajstić information content (AvgIpc) is 2.05. The molecule has 0 bridgehead atoms. The summed E-state index contributed by atoms with van der Waals surface area (Å²) in [6.45, 7) is 3.64. The highest BCUT2D eigenvalue weighted by Crippen LogP contribution is 2.26. The van der Waals surface area contributed by atoms with Gasteiger partial charge in [-0.1, -0.05) is 11.6 Å². The van der Waals surface area contributed by atoms with Gasteiger partial charge in [0.2, 0.25) is 0 Å². The van der Waals surface area contributed by atoms with Crippen molar-refractivity contribution in [2.75, 3.05) is 0 Å². The van der Waals surface area contributed by atoms with Gasteiger partial charge in [-0.3, -0.25) is 4.98 Å². The molecule has 0 aliphatic heterocycles. The maximum absolute atomic E-state index is 10.7. The number of hydrogen-bond acceptors (Lipinski definition) is 2. The van der Waals surface area contributed by atoms with Crippen LogP contribution in [0.4, 0.5) is 0 Å². The van der Waals surface area contributed by atoms with E-state index in [1.54, 1.807) is 18.5 Å². The van der Waals surface area contributed by atoms with Crippen molar-refractivity contribution in [1.29, 1.82) is 0 Å². The molecule has 0 radical (unpaired) electrons. The topological polar surface area (TPSA) is 30.0 Å². The first-order chi connectivity index (χ1) is 5.58. The molecular weight excluding hydrogens is 174 g/mol.